The fourth-order valence-electron chi connectivity index (χ4n) is 3.25. The van der Waals surface area contributed by atoms with Gasteiger partial charge in [-0.3, -0.25) is 4.79 Å². The highest BCUT2D eigenvalue weighted by Crippen LogP contribution is 2.27. The largest absolute Gasteiger partial charge is 0.353 e. The molecule has 17 heavy (non-hydrogen) atoms. The van der Waals surface area contributed by atoms with Gasteiger partial charge in [0.15, 0.2) is 0 Å². The Bertz CT molecular complexity index is 243. The molecule has 3 heteroatoms. The minimum Gasteiger partial charge on any atom is -0.353 e. The summed E-state index contributed by atoms with van der Waals surface area (Å²) in [5.41, 5.74) is 0. The Hall–Kier alpha value is -0.570. The maximum absolute atomic E-state index is 11.9. The molecule has 2 unspecified atom stereocenters. The molecule has 1 aliphatic heterocycles. The minimum absolute atomic E-state index is 0.262. The quantitative estimate of drug-likeness (QED) is 0.787. The molecule has 0 spiro atoms. The zero-order valence-corrected chi connectivity index (χ0v) is 11.0. The van der Waals surface area contributed by atoms with Crippen molar-refractivity contribution in [1.29, 1.82) is 0 Å². The molecule has 2 aliphatic rings. The van der Waals surface area contributed by atoms with Gasteiger partial charge in [-0.1, -0.05) is 12.8 Å². The van der Waals surface area contributed by atoms with Crippen molar-refractivity contribution in [3.05, 3.63) is 0 Å². The molecule has 1 amide bonds. The first kappa shape index (κ1) is 12.9. The van der Waals surface area contributed by atoms with Crippen molar-refractivity contribution in [3.63, 3.8) is 0 Å². The summed E-state index contributed by atoms with van der Waals surface area (Å²) in [6.07, 6.45) is 8.42. The lowest BCUT2D eigenvalue weighted by Crippen LogP contribution is -2.40. The lowest BCUT2D eigenvalue weighted by atomic mass is 9.95. The third-order valence-electron chi connectivity index (χ3n) is 4.37. The summed E-state index contributed by atoms with van der Waals surface area (Å²) < 4.78 is 0. The predicted octanol–water partition coefficient (Wildman–Crippen LogP) is 2.07. The lowest BCUT2D eigenvalue weighted by Gasteiger charge is -2.25. The Morgan fingerprint density at radius 2 is 2.06 bits per heavy atom. The van der Waals surface area contributed by atoms with Crippen LogP contribution in [0.2, 0.25) is 0 Å². The summed E-state index contributed by atoms with van der Waals surface area (Å²) in [6.45, 7) is 4.31. The molecule has 0 aromatic carbocycles. The van der Waals surface area contributed by atoms with Gasteiger partial charge in [0, 0.05) is 12.5 Å². The number of piperidine rings is 1. The topological polar surface area (TPSA) is 41.1 Å². The van der Waals surface area contributed by atoms with E-state index in [0.29, 0.717) is 18.4 Å². The normalized spacial score (nSPS) is 27.9. The Kier molecular flexibility index (Phi) is 4.84. The van der Waals surface area contributed by atoms with Crippen molar-refractivity contribution in [3.8, 4) is 0 Å². The molecule has 0 aromatic heterocycles. The Morgan fingerprint density at radius 3 is 2.71 bits per heavy atom. The Labute approximate surface area is 105 Å². The monoisotopic (exact) mass is 238 g/mol. The van der Waals surface area contributed by atoms with E-state index in [2.05, 4.69) is 17.6 Å². The molecule has 0 bridgehead atoms. The number of amides is 1. The first-order valence-corrected chi connectivity index (χ1v) is 7.26. The van der Waals surface area contributed by atoms with Gasteiger partial charge in [0.2, 0.25) is 5.91 Å². The Morgan fingerprint density at radius 1 is 1.29 bits per heavy atom. The van der Waals surface area contributed by atoms with Gasteiger partial charge in [-0.25, -0.2) is 0 Å². The molecule has 3 nitrogen and oxygen atoms in total. The van der Waals surface area contributed by atoms with Crippen LogP contribution >= 0.6 is 0 Å². The smallest absolute Gasteiger partial charge is 0.220 e. The van der Waals surface area contributed by atoms with E-state index in [0.717, 1.165) is 19.0 Å². The molecular formula is C14H26N2O. The number of nitrogens with one attached hydrogen (secondary N) is 2. The van der Waals surface area contributed by atoms with Gasteiger partial charge in [0.05, 0.1) is 0 Å². The van der Waals surface area contributed by atoms with Crippen molar-refractivity contribution in [1.82, 2.24) is 10.6 Å². The molecular weight excluding hydrogens is 212 g/mol. The standard InChI is InChI=1S/C14H26N2O/c1-11(13-6-2-3-7-13)16-14(17)9-12-5-4-8-15-10-12/h11-13,15H,2-10H2,1H3,(H,16,17). The zero-order chi connectivity index (χ0) is 12.1. The van der Waals surface area contributed by atoms with Gasteiger partial charge in [0.1, 0.15) is 0 Å². The van der Waals surface area contributed by atoms with Crippen molar-refractivity contribution in [2.24, 2.45) is 11.8 Å². The summed E-state index contributed by atoms with van der Waals surface area (Å²) in [6, 6.07) is 0.376. The molecule has 1 heterocycles. The lowest BCUT2D eigenvalue weighted by molar-refractivity contribution is -0.123. The van der Waals surface area contributed by atoms with Crippen LogP contribution in [-0.4, -0.2) is 25.0 Å². The summed E-state index contributed by atoms with van der Waals surface area (Å²) >= 11 is 0. The van der Waals surface area contributed by atoms with Crippen molar-refractivity contribution in [2.75, 3.05) is 13.1 Å². The first-order chi connectivity index (χ1) is 8.25. The predicted molar refractivity (Wildman–Crippen MR) is 69.8 cm³/mol. The van der Waals surface area contributed by atoms with Crippen LogP contribution in [0.1, 0.15) is 51.9 Å². The van der Waals surface area contributed by atoms with Gasteiger partial charge in [-0.15, -0.1) is 0 Å². The highest BCUT2D eigenvalue weighted by molar-refractivity contribution is 5.76. The average molecular weight is 238 g/mol. The SMILES string of the molecule is CC(NC(=O)CC1CCCNC1)C1CCCC1. The number of hydrogen-bond acceptors (Lipinski definition) is 2. The molecule has 1 saturated heterocycles. The van der Waals surface area contributed by atoms with E-state index in [-0.39, 0.29) is 5.91 Å². The van der Waals surface area contributed by atoms with Crippen LogP contribution in [0.4, 0.5) is 0 Å². The zero-order valence-electron chi connectivity index (χ0n) is 11.0. The van der Waals surface area contributed by atoms with Crippen LogP contribution < -0.4 is 10.6 Å². The van der Waals surface area contributed by atoms with Crippen molar-refractivity contribution < 1.29 is 4.79 Å². The number of carbonyl (C=O) groups is 1. The van der Waals surface area contributed by atoms with E-state index in [1.54, 1.807) is 0 Å². The molecule has 2 fully saturated rings. The van der Waals surface area contributed by atoms with E-state index < -0.39 is 0 Å². The van der Waals surface area contributed by atoms with Gasteiger partial charge in [-0.2, -0.15) is 0 Å². The van der Waals surface area contributed by atoms with Gasteiger partial charge in [-0.05, 0) is 57.5 Å². The molecule has 0 aromatic rings. The highest BCUT2D eigenvalue weighted by atomic mass is 16.1. The maximum atomic E-state index is 11.9. The van der Waals surface area contributed by atoms with Gasteiger partial charge in [0.25, 0.3) is 0 Å². The van der Waals surface area contributed by atoms with E-state index in [9.17, 15) is 4.79 Å². The van der Waals surface area contributed by atoms with Crippen LogP contribution in [-0.2, 0) is 4.79 Å². The van der Waals surface area contributed by atoms with Crippen molar-refractivity contribution in [2.45, 2.75) is 57.9 Å². The van der Waals surface area contributed by atoms with E-state index >= 15 is 0 Å². The van der Waals surface area contributed by atoms with E-state index in [4.69, 9.17) is 0 Å². The van der Waals surface area contributed by atoms with Crippen LogP contribution in [0.3, 0.4) is 0 Å². The average Bonchev–Trinajstić information content (AvgIpc) is 2.83. The molecule has 2 rings (SSSR count). The fraction of sp³-hybridized carbons (Fsp3) is 0.929. The second-order valence-corrected chi connectivity index (χ2v) is 5.82. The first-order valence-electron chi connectivity index (χ1n) is 7.26. The number of rotatable bonds is 4. The Balaban J connectivity index is 1.68. The molecule has 2 N–H and O–H groups in total. The highest BCUT2D eigenvalue weighted by Gasteiger charge is 2.24. The van der Waals surface area contributed by atoms with Gasteiger partial charge >= 0.3 is 0 Å². The van der Waals surface area contributed by atoms with Crippen LogP contribution in [0, 0.1) is 11.8 Å². The summed E-state index contributed by atoms with van der Waals surface area (Å²) in [5.74, 6) is 1.54. The third-order valence-corrected chi connectivity index (χ3v) is 4.37. The summed E-state index contributed by atoms with van der Waals surface area (Å²) in [5, 5.41) is 6.57. The molecule has 1 aliphatic carbocycles. The number of carbonyl (C=O) groups excluding carboxylic acids is 1. The van der Waals surface area contributed by atoms with E-state index in [1.807, 2.05) is 0 Å². The van der Waals surface area contributed by atoms with Gasteiger partial charge < -0.3 is 10.6 Å². The summed E-state index contributed by atoms with van der Waals surface area (Å²) in [7, 11) is 0. The van der Waals surface area contributed by atoms with Crippen molar-refractivity contribution >= 4 is 5.91 Å². The maximum Gasteiger partial charge on any atom is 0.220 e. The minimum atomic E-state index is 0.262. The van der Waals surface area contributed by atoms with Crippen LogP contribution in [0.15, 0.2) is 0 Å². The molecule has 1 saturated carbocycles. The summed E-state index contributed by atoms with van der Waals surface area (Å²) in [4.78, 5) is 11.9. The molecule has 98 valence electrons. The second-order valence-electron chi connectivity index (χ2n) is 5.82. The molecule has 0 radical (unpaired) electrons. The second kappa shape index (κ2) is 6.39. The van der Waals surface area contributed by atoms with E-state index in [1.165, 1.54) is 38.5 Å². The number of hydrogen-bond donors (Lipinski definition) is 2. The molecule has 2 atom stereocenters. The third kappa shape index (κ3) is 3.98. The van der Waals surface area contributed by atoms with Crippen LogP contribution in [0.5, 0.6) is 0 Å². The fourth-order valence-corrected chi connectivity index (χ4v) is 3.25. The van der Waals surface area contributed by atoms with Crippen LogP contribution in [0.25, 0.3) is 0 Å².